The number of aliphatic imine (C=N–C) groups is 1. The molecule has 2 aliphatic rings. The molecule has 16 heteroatoms. The fraction of sp³-hybridized carbons (Fsp3) is 0.550. The van der Waals surface area contributed by atoms with Crippen molar-refractivity contribution in [2.75, 3.05) is 13.6 Å². The van der Waals surface area contributed by atoms with Crippen molar-refractivity contribution >= 4 is 35.5 Å². The number of carboxylic acid groups (broad SMARTS) is 1. The molecule has 308 valence electrons. The minimum absolute atomic E-state index is 0.00810. The first-order chi connectivity index (χ1) is 26.6. The Hall–Kier alpha value is -5.15. The van der Waals surface area contributed by atoms with Crippen molar-refractivity contribution in [3.63, 3.8) is 0 Å². The van der Waals surface area contributed by atoms with Gasteiger partial charge >= 0.3 is 12.1 Å². The highest BCUT2D eigenvalue weighted by molar-refractivity contribution is 5.95. The van der Waals surface area contributed by atoms with E-state index in [-0.39, 0.29) is 47.3 Å². The molecule has 10 N–H and O–H groups in total. The summed E-state index contributed by atoms with van der Waals surface area (Å²) in [5.41, 5.74) is 19.4. The van der Waals surface area contributed by atoms with Gasteiger partial charge in [-0.3, -0.25) is 24.8 Å². The first-order valence-corrected chi connectivity index (χ1v) is 19.2. The van der Waals surface area contributed by atoms with E-state index in [1.165, 1.54) is 6.42 Å². The molecule has 3 atom stereocenters. The number of benzene rings is 2. The summed E-state index contributed by atoms with van der Waals surface area (Å²) < 4.78 is 31.7. The zero-order chi connectivity index (χ0) is 41.3. The summed E-state index contributed by atoms with van der Waals surface area (Å²) in [6.45, 7) is 0.739. The fourth-order valence-electron chi connectivity index (χ4n) is 7.43. The summed E-state index contributed by atoms with van der Waals surface area (Å²) in [7, 11) is 1.74. The molecular weight excluding hydrogens is 729 g/mol. The van der Waals surface area contributed by atoms with Crippen molar-refractivity contribution in [1.82, 2.24) is 15.5 Å². The minimum atomic E-state index is -5.08. The third-order valence-electron chi connectivity index (χ3n) is 10.4. The Balaban J connectivity index is 0.00000109. The van der Waals surface area contributed by atoms with Gasteiger partial charge in [-0.05, 0) is 67.9 Å². The molecule has 56 heavy (non-hydrogen) atoms. The largest absolute Gasteiger partial charge is 0.490 e. The molecule has 2 fully saturated rings. The number of nitrogens with one attached hydrogen (secondary N) is 3. The summed E-state index contributed by atoms with van der Waals surface area (Å²) in [4.78, 5) is 57.0. The van der Waals surface area contributed by atoms with Crippen LogP contribution in [0.1, 0.15) is 93.7 Å². The Morgan fingerprint density at radius 3 is 1.91 bits per heavy atom. The van der Waals surface area contributed by atoms with Crippen molar-refractivity contribution < 1.29 is 37.5 Å². The van der Waals surface area contributed by atoms with E-state index in [1.807, 2.05) is 54.6 Å². The average molecular weight is 787 g/mol. The maximum atomic E-state index is 14.3. The lowest BCUT2D eigenvalue weighted by Crippen LogP contribution is -2.57. The van der Waals surface area contributed by atoms with Crippen LogP contribution < -0.4 is 27.8 Å². The van der Waals surface area contributed by atoms with Gasteiger partial charge in [0.1, 0.15) is 17.9 Å². The molecular formula is C40H57F3N8O5. The number of amides is 3. The first-order valence-electron chi connectivity index (χ1n) is 19.2. The zero-order valence-electron chi connectivity index (χ0n) is 32.0. The van der Waals surface area contributed by atoms with Crippen molar-refractivity contribution in [1.29, 1.82) is 5.41 Å². The Labute approximate surface area is 326 Å². The molecule has 2 saturated carbocycles. The quantitative estimate of drug-likeness (QED) is 0.0721. The van der Waals surface area contributed by atoms with Crippen molar-refractivity contribution in [3.8, 4) is 0 Å². The number of hydrogen-bond donors (Lipinski definition) is 7. The Morgan fingerprint density at radius 2 is 1.39 bits per heavy atom. The Bertz CT molecular complexity index is 1610. The number of rotatable bonds is 16. The molecule has 0 bridgehead atoms. The van der Waals surface area contributed by atoms with Crippen LogP contribution in [0.15, 0.2) is 59.6 Å². The van der Waals surface area contributed by atoms with E-state index in [0.717, 1.165) is 68.9 Å². The summed E-state index contributed by atoms with van der Waals surface area (Å²) in [6.07, 6.45) is 6.41. The van der Waals surface area contributed by atoms with Gasteiger partial charge in [0.25, 0.3) is 0 Å². The third-order valence-corrected chi connectivity index (χ3v) is 10.4. The van der Waals surface area contributed by atoms with Crippen LogP contribution in [-0.4, -0.2) is 77.3 Å². The topological polar surface area (TPSA) is 230 Å². The van der Waals surface area contributed by atoms with Crippen LogP contribution in [0.5, 0.6) is 0 Å². The van der Waals surface area contributed by atoms with Gasteiger partial charge < -0.3 is 37.8 Å². The fourth-order valence-corrected chi connectivity index (χ4v) is 7.43. The maximum absolute atomic E-state index is 14.3. The van der Waals surface area contributed by atoms with E-state index >= 15 is 0 Å². The number of halogens is 3. The van der Waals surface area contributed by atoms with Crippen molar-refractivity contribution in [2.45, 2.75) is 108 Å². The molecule has 0 saturated heterocycles. The van der Waals surface area contributed by atoms with E-state index < -0.39 is 24.2 Å². The van der Waals surface area contributed by atoms with E-state index in [1.54, 1.807) is 11.9 Å². The molecule has 3 unspecified atom stereocenters. The average Bonchev–Trinajstić information content (AvgIpc) is 3.17. The molecule has 0 spiro atoms. The molecule has 0 aromatic heterocycles. The standard InChI is InChI=1S/C38H56N8O3.C2HF3O2/c1-46(25-27-12-5-2-6-13-27)37(49)32(18-11-23-43-38(41)42)44-36(48)33(29-16-9-4-10-17-29)45-35(47)31(28-14-7-3-8-15-28)24-26-19-21-30(22-20-26)34(39)40;3-2(4,5)1(6)7/h2,5-6,12-13,19-22,28-29,31-33H,3-4,7-11,14-18,23-25H2,1H3,(H3,39,40)(H,44,48)(H,45,47)(H4,41,42,43);(H,6,7). The van der Waals surface area contributed by atoms with Gasteiger partial charge in [0.05, 0.1) is 0 Å². The van der Waals surface area contributed by atoms with Gasteiger partial charge in [-0.2, -0.15) is 13.2 Å². The SMILES string of the molecule is CN(Cc1ccccc1)C(=O)C(CCCN=C(N)N)NC(=O)C(NC(=O)C(Cc1ccc(C(=N)N)cc1)C1CCCCC1)C1CCCCC1.O=C(O)C(F)(F)F. The molecule has 0 heterocycles. The number of nitrogen functional groups attached to an aromatic ring is 1. The molecule has 2 aromatic carbocycles. The van der Waals surface area contributed by atoms with Crippen LogP contribution >= 0.6 is 0 Å². The number of likely N-dealkylation sites (N-methyl/N-ethyl adjacent to an activating group) is 1. The predicted octanol–water partition coefficient (Wildman–Crippen LogP) is 4.61. The zero-order valence-corrected chi connectivity index (χ0v) is 32.0. The van der Waals surface area contributed by atoms with Gasteiger partial charge in [-0.25, -0.2) is 4.79 Å². The second-order valence-corrected chi connectivity index (χ2v) is 14.7. The van der Waals surface area contributed by atoms with Crippen LogP contribution in [0, 0.1) is 23.2 Å². The Morgan fingerprint density at radius 1 is 0.839 bits per heavy atom. The second-order valence-electron chi connectivity index (χ2n) is 14.7. The molecule has 0 aliphatic heterocycles. The summed E-state index contributed by atoms with van der Waals surface area (Å²) in [5, 5.41) is 21.2. The number of hydrogen-bond acceptors (Lipinski definition) is 6. The molecule has 0 radical (unpaired) electrons. The van der Waals surface area contributed by atoms with E-state index in [2.05, 4.69) is 15.6 Å². The summed E-state index contributed by atoms with van der Waals surface area (Å²) >= 11 is 0. The minimum Gasteiger partial charge on any atom is -0.475 e. The Kier molecular flexibility index (Phi) is 18.1. The van der Waals surface area contributed by atoms with Gasteiger partial charge in [0, 0.05) is 31.6 Å². The number of carboxylic acids is 1. The normalized spacial score (nSPS) is 16.5. The lowest BCUT2D eigenvalue weighted by molar-refractivity contribution is -0.192. The van der Waals surface area contributed by atoms with Crippen LogP contribution in [0.2, 0.25) is 0 Å². The molecule has 2 aromatic rings. The number of amidine groups is 1. The molecule has 2 aliphatic carbocycles. The van der Waals surface area contributed by atoms with Gasteiger partial charge in [-0.1, -0.05) is 93.1 Å². The number of nitrogens with two attached hydrogens (primary N) is 3. The highest BCUT2D eigenvalue weighted by Gasteiger charge is 2.39. The number of guanidine groups is 1. The van der Waals surface area contributed by atoms with Gasteiger partial charge in [-0.15, -0.1) is 0 Å². The van der Waals surface area contributed by atoms with E-state index in [0.29, 0.717) is 37.9 Å². The summed E-state index contributed by atoms with van der Waals surface area (Å²) in [6, 6.07) is 15.7. The molecule has 3 amide bonds. The predicted molar refractivity (Wildman–Crippen MR) is 208 cm³/mol. The van der Waals surface area contributed by atoms with E-state index in [4.69, 9.17) is 32.5 Å². The second kappa shape index (κ2) is 22.4. The van der Waals surface area contributed by atoms with Crippen LogP contribution in [0.4, 0.5) is 13.2 Å². The third kappa shape index (κ3) is 15.2. The highest BCUT2D eigenvalue weighted by atomic mass is 19.4. The smallest absolute Gasteiger partial charge is 0.475 e. The lowest BCUT2D eigenvalue weighted by Gasteiger charge is -2.35. The lowest BCUT2D eigenvalue weighted by atomic mass is 9.76. The number of nitrogens with zero attached hydrogens (tertiary/aromatic N) is 2. The number of alkyl halides is 3. The number of carbonyl (C=O) groups is 4. The van der Waals surface area contributed by atoms with Gasteiger partial charge in [0.2, 0.25) is 17.7 Å². The van der Waals surface area contributed by atoms with E-state index in [9.17, 15) is 27.6 Å². The highest BCUT2D eigenvalue weighted by Crippen LogP contribution is 2.33. The van der Waals surface area contributed by atoms with Crippen molar-refractivity contribution in [3.05, 3.63) is 71.3 Å². The number of aliphatic carboxylic acids is 1. The monoisotopic (exact) mass is 786 g/mol. The van der Waals surface area contributed by atoms with Crippen molar-refractivity contribution in [2.24, 2.45) is 39.9 Å². The molecule has 13 nitrogen and oxygen atoms in total. The van der Waals surface area contributed by atoms with Crippen LogP contribution in [0.25, 0.3) is 0 Å². The maximum Gasteiger partial charge on any atom is 0.490 e. The summed E-state index contributed by atoms with van der Waals surface area (Å²) in [5.74, 6) is -3.49. The first kappa shape index (κ1) is 45.2. The van der Waals surface area contributed by atoms with Crippen LogP contribution in [0.3, 0.4) is 0 Å². The van der Waals surface area contributed by atoms with Gasteiger partial charge in [0.15, 0.2) is 5.96 Å². The molecule has 4 rings (SSSR count). The van der Waals surface area contributed by atoms with Crippen LogP contribution in [-0.2, 0) is 32.1 Å². The number of carbonyl (C=O) groups excluding carboxylic acids is 3.